The van der Waals surface area contributed by atoms with Crippen LogP contribution in [-0.2, 0) is 5.75 Å². The monoisotopic (exact) mass is 525 g/mol. The van der Waals surface area contributed by atoms with E-state index in [1.807, 2.05) is 44.0 Å². The third-order valence-corrected chi connectivity index (χ3v) is 8.08. The van der Waals surface area contributed by atoms with Crippen molar-refractivity contribution < 1.29 is 14.7 Å². The van der Waals surface area contributed by atoms with Crippen molar-refractivity contribution >= 4 is 45.9 Å². The average Bonchev–Trinajstić information content (AvgIpc) is 3.30. The molecule has 1 saturated heterocycles. The van der Waals surface area contributed by atoms with Gasteiger partial charge in [-0.15, -0.1) is 11.8 Å². The quantitative estimate of drug-likeness (QED) is 0.375. The van der Waals surface area contributed by atoms with Crippen LogP contribution in [-0.4, -0.2) is 56.6 Å². The van der Waals surface area contributed by atoms with E-state index in [4.69, 9.17) is 0 Å². The molecule has 3 aromatic rings. The number of rotatable bonds is 7. The van der Waals surface area contributed by atoms with E-state index in [-0.39, 0.29) is 11.9 Å². The van der Waals surface area contributed by atoms with Crippen LogP contribution in [0, 0.1) is 0 Å². The summed E-state index contributed by atoms with van der Waals surface area (Å²) in [4.78, 5) is 36.7. The standard InChI is InChI=1S/C26H31N5O3S2/c1-26(2,3)31(25(33)34)21-8-6-19(7-9-21)23(32)30-14-4-5-20(16-30)29-24-28-15-22(36-24)35-17-18-10-12-27-13-11-18/h6-13,15,20H,4-5,14,16-17H2,1-3H3,(H,28,29)(H,33,34)/t20-/m1/s1. The minimum absolute atomic E-state index is 0.0431. The van der Waals surface area contributed by atoms with Gasteiger partial charge in [0.25, 0.3) is 5.91 Å². The molecule has 2 N–H and O–H groups in total. The van der Waals surface area contributed by atoms with Crippen LogP contribution in [0.3, 0.4) is 0 Å². The molecule has 1 aliphatic rings. The first-order chi connectivity index (χ1) is 17.2. The number of pyridine rings is 1. The zero-order chi connectivity index (χ0) is 25.7. The highest BCUT2D eigenvalue weighted by atomic mass is 32.2. The number of carbonyl (C=O) groups excluding carboxylic acids is 1. The molecule has 0 aliphatic carbocycles. The Morgan fingerprint density at radius 2 is 1.92 bits per heavy atom. The Hall–Kier alpha value is -3.11. The lowest BCUT2D eigenvalue weighted by Gasteiger charge is -2.34. The Morgan fingerprint density at radius 3 is 2.58 bits per heavy atom. The number of amides is 2. The summed E-state index contributed by atoms with van der Waals surface area (Å²) in [6, 6.07) is 11.0. The number of thiazole rings is 1. The number of nitrogens with zero attached hydrogens (tertiary/aromatic N) is 4. The summed E-state index contributed by atoms with van der Waals surface area (Å²) in [5.41, 5.74) is 1.74. The second-order valence-corrected chi connectivity index (χ2v) is 12.0. The minimum Gasteiger partial charge on any atom is -0.465 e. The molecule has 1 fully saturated rings. The summed E-state index contributed by atoms with van der Waals surface area (Å²) in [5.74, 6) is 0.827. The molecule has 2 amide bonds. The summed E-state index contributed by atoms with van der Waals surface area (Å²) in [7, 11) is 0. The largest absolute Gasteiger partial charge is 0.465 e. The molecular formula is C26H31N5O3S2. The van der Waals surface area contributed by atoms with Crippen molar-refractivity contribution in [3.05, 3.63) is 66.1 Å². The molecule has 1 aromatic carbocycles. The maximum absolute atomic E-state index is 13.2. The molecule has 2 aromatic heterocycles. The maximum Gasteiger partial charge on any atom is 0.412 e. The summed E-state index contributed by atoms with van der Waals surface area (Å²) >= 11 is 3.38. The van der Waals surface area contributed by atoms with Crippen molar-refractivity contribution in [1.29, 1.82) is 0 Å². The van der Waals surface area contributed by atoms with E-state index in [9.17, 15) is 14.7 Å². The van der Waals surface area contributed by atoms with Crippen molar-refractivity contribution in [2.24, 2.45) is 0 Å². The maximum atomic E-state index is 13.2. The summed E-state index contributed by atoms with van der Waals surface area (Å²) in [6.45, 7) is 6.82. The van der Waals surface area contributed by atoms with Gasteiger partial charge in [-0.05, 0) is 75.6 Å². The van der Waals surface area contributed by atoms with Gasteiger partial charge in [0.1, 0.15) is 0 Å². The number of hydrogen-bond donors (Lipinski definition) is 2. The van der Waals surface area contributed by atoms with Gasteiger partial charge in [-0.2, -0.15) is 0 Å². The number of piperidine rings is 1. The van der Waals surface area contributed by atoms with Crippen molar-refractivity contribution in [3.8, 4) is 0 Å². The van der Waals surface area contributed by atoms with E-state index in [0.29, 0.717) is 24.3 Å². The van der Waals surface area contributed by atoms with E-state index in [2.05, 4.69) is 15.3 Å². The third-order valence-electron chi connectivity index (χ3n) is 5.89. The Morgan fingerprint density at radius 1 is 1.19 bits per heavy atom. The molecule has 1 atom stereocenters. The first-order valence-electron chi connectivity index (χ1n) is 11.9. The Kier molecular flexibility index (Phi) is 8.15. The molecule has 1 aliphatic heterocycles. The lowest BCUT2D eigenvalue weighted by Crippen LogP contribution is -2.45. The van der Waals surface area contributed by atoms with E-state index in [1.165, 1.54) is 10.5 Å². The minimum atomic E-state index is -1.02. The molecule has 4 rings (SSSR count). The molecule has 3 heterocycles. The molecule has 0 unspecified atom stereocenters. The molecular weight excluding hydrogens is 494 g/mol. The van der Waals surface area contributed by atoms with Gasteiger partial charge in [0.2, 0.25) is 0 Å². The van der Waals surface area contributed by atoms with Gasteiger partial charge in [0.05, 0.1) is 10.4 Å². The van der Waals surface area contributed by atoms with Crippen LogP contribution in [0.4, 0.5) is 15.6 Å². The van der Waals surface area contributed by atoms with Gasteiger partial charge in [0, 0.05) is 54.1 Å². The average molecular weight is 526 g/mol. The zero-order valence-corrected chi connectivity index (χ0v) is 22.3. The normalized spacial score (nSPS) is 16.0. The number of carbonyl (C=O) groups is 2. The van der Waals surface area contributed by atoms with Gasteiger partial charge in [-0.1, -0.05) is 11.3 Å². The van der Waals surface area contributed by atoms with Gasteiger partial charge in [-0.25, -0.2) is 9.78 Å². The zero-order valence-electron chi connectivity index (χ0n) is 20.7. The Balaban J connectivity index is 1.34. The number of benzene rings is 1. The van der Waals surface area contributed by atoms with Gasteiger partial charge < -0.3 is 15.3 Å². The van der Waals surface area contributed by atoms with Gasteiger partial charge in [0.15, 0.2) is 5.13 Å². The van der Waals surface area contributed by atoms with Crippen LogP contribution >= 0.6 is 23.1 Å². The van der Waals surface area contributed by atoms with Crippen molar-refractivity contribution in [3.63, 3.8) is 0 Å². The first kappa shape index (κ1) is 26.0. The topological polar surface area (TPSA) is 98.7 Å². The van der Waals surface area contributed by atoms with Crippen LogP contribution in [0.2, 0.25) is 0 Å². The number of nitrogens with one attached hydrogen (secondary N) is 1. The highest BCUT2D eigenvalue weighted by Gasteiger charge is 2.29. The first-order valence-corrected chi connectivity index (χ1v) is 13.7. The SMILES string of the molecule is CC(C)(C)N(C(=O)O)c1ccc(C(=O)N2CCC[C@@H](Nc3ncc(SCc4ccncc4)s3)C2)cc1. The molecule has 0 spiro atoms. The fraction of sp³-hybridized carbons (Fsp3) is 0.385. The number of anilines is 2. The molecule has 0 radical (unpaired) electrons. The smallest absolute Gasteiger partial charge is 0.412 e. The molecule has 0 bridgehead atoms. The number of aromatic nitrogens is 2. The highest BCUT2D eigenvalue weighted by Crippen LogP contribution is 2.31. The predicted molar refractivity (Wildman–Crippen MR) is 145 cm³/mol. The van der Waals surface area contributed by atoms with Crippen molar-refractivity contribution in [2.45, 2.75) is 55.2 Å². The summed E-state index contributed by atoms with van der Waals surface area (Å²) < 4.78 is 1.14. The van der Waals surface area contributed by atoms with Crippen LogP contribution < -0.4 is 10.2 Å². The fourth-order valence-electron chi connectivity index (χ4n) is 4.20. The Bertz CT molecular complexity index is 1180. The molecule has 0 saturated carbocycles. The van der Waals surface area contributed by atoms with Crippen molar-refractivity contribution in [1.82, 2.24) is 14.9 Å². The van der Waals surface area contributed by atoms with Crippen LogP contribution in [0.25, 0.3) is 0 Å². The third kappa shape index (κ3) is 6.55. The lowest BCUT2D eigenvalue weighted by molar-refractivity contribution is 0.0715. The Labute approximate surface area is 219 Å². The number of carboxylic acid groups (broad SMARTS) is 1. The molecule has 190 valence electrons. The second-order valence-electron chi connectivity index (χ2n) is 9.70. The van der Waals surface area contributed by atoms with E-state index in [1.54, 1.807) is 59.8 Å². The number of thioether (sulfide) groups is 1. The molecule has 8 nitrogen and oxygen atoms in total. The van der Waals surface area contributed by atoms with Crippen LogP contribution in [0.5, 0.6) is 0 Å². The second kappa shape index (κ2) is 11.3. The van der Waals surface area contributed by atoms with Gasteiger partial charge >= 0.3 is 6.09 Å². The predicted octanol–water partition coefficient (Wildman–Crippen LogP) is 5.83. The molecule has 10 heteroatoms. The van der Waals surface area contributed by atoms with E-state index >= 15 is 0 Å². The number of likely N-dealkylation sites (tertiary alicyclic amines) is 1. The van der Waals surface area contributed by atoms with Crippen LogP contribution in [0.15, 0.2) is 59.2 Å². The lowest BCUT2D eigenvalue weighted by atomic mass is 10.0. The van der Waals surface area contributed by atoms with Crippen molar-refractivity contribution in [2.75, 3.05) is 23.3 Å². The van der Waals surface area contributed by atoms with Crippen LogP contribution in [0.1, 0.15) is 49.5 Å². The van der Waals surface area contributed by atoms with E-state index < -0.39 is 11.6 Å². The number of hydrogen-bond acceptors (Lipinski definition) is 7. The summed E-state index contributed by atoms with van der Waals surface area (Å²) in [5, 5.41) is 14.0. The highest BCUT2D eigenvalue weighted by molar-refractivity contribution is 8.00. The van der Waals surface area contributed by atoms with E-state index in [0.717, 1.165) is 27.9 Å². The summed E-state index contributed by atoms with van der Waals surface area (Å²) in [6.07, 6.45) is 6.36. The van der Waals surface area contributed by atoms with Gasteiger partial charge in [-0.3, -0.25) is 14.7 Å². The molecule has 36 heavy (non-hydrogen) atoms. The fourth-order valence-corrected chi connectivity index (χ4v) is 6.11.